The SMILES string of the molecule is CC(Sc1ncccn1)C(=O)Nc1ccc(N)cc1Cl. The molecule has 0 fully saturated rings. The summed E-state index contributed by atoms with van der Waals surface area (Å²) < 4.78 is 0. The smallest absolute Gasteiger partial charge is 0.237 e. The Morgan fingerprint density at radius 3 is 2.75 bits per heavy atom. The Hall–Kier alpha value is -1.79. The summed E-state index contributed by atoms with van der Waals surface area (Å²) in [6.07, 6.45) is 3.27. The number of thioether (sulfide) groups is 1. The fraction of sp³-hybridized carbons (Fsp3) is 0.154. The summed E-state index contributed by atoms with van der Waals surface area (Å²) in [6, 6.07) is 6.67. The van der Waals surface area contributed by atoms with Crippen LogP contribution in [-0.4, -0.2) is 21.1 Å². The lowest BCUT2D eigenvalue weighted by Crippen LogP contribution is -2.22. The average molecular weight is 309 g/mol. The maximum absolute atomic E-state index is 12.1. The predicted molar refractivity (Wildman–Crippen MR) is 81.8 cm³/mol. The molecule has 0 aliphatic rings. The van der Waals surface area contributed by atoms with Gasteiger partial charge in [-0.3, -0.25) is 4.79 Å². The van der Waals surface area contributed by atoms with Gasteiger partial charge in [0, 0.05) is 18.1 Å². The Morgan fingerprint density at radius 1 is 1.40 bits per heavy atom. The van der Waals surface area contributed by atoms with E-state index in [0.717, 1.165) is 0 Å². The Kier molecular flexibility index (Phi) is 4.81. The molecule has 0 aliphatic carbocycles. The third kappa shape index (κ3) is 3.85. The van der Waals surface area contributed by atoms with Crippen LogP contribution >= 0.6 is 23.4 Å². The largest absolute Gasteiger partial charge is 0.399 e. The van der Waals surface area contributed by atoms with E-state index in [0.29, 0.717) is 21.6 Å². The van der Waals surface area contributed by atoms with Gasteiger partial charge in [0.25, 0.3) is 0 Å². The molecule has 2 rings (SSSR count). The number of hydrogen-bond acceptors (Lipinski definition) is 5. The number of nitrogens with one attached hydrogen (secondary N) is 1. The first-order chi connectivity index (χ1) is 9.56. The number of halogens is 1. The highest BCUT2D eigenvalue weighted by molar-refractivity contribution is 8.00. The van der Waals surface area contributed by atoms with Crippen LogP contribution in [0.25, 0.3) is 0 Å². The zero-order chi connectivity index (χ0) is 14.5. The van der Waals surface area contributed by atoms with Crippen LogP contribution in [0.2, 0.25) is 5.02 Å². The number of anilines is 2. The van der Waals surface area contributed by atoms with Crippen LogP contribution in [-0.2, 0) is 4.79 Å². The number of carbonyl (C=O) groups excluding carboxylic acids is 1. The molecular formula is C13H13ClN4OS. The van der Waals surface area contributed by atoms with Crippen molar-refractivity contribution in [1.82, 2.24) is 9.97 Å². The number of hydrogen-bond donors (Lipinski definition) is 2. The van der Waals surface area contributed by atoms with Crippen LogP contribution < -0.4 is 11.1 Å². The molecule has 0 aliphatic heterocycles. The molecule has 1 unspecified atom stereocenters. The van der Waals surface area contributed by atoms with E-state index in [1.165, 1.54) is 11.8 Å². The minimum atomic E-state index is -0.342. The normalized spacial score (nSPS) is 11.9. The summed E-state index contributed by atoms with van der Waals surface area (Å²) >= 11 is 7.29. The van der Waals surface area contributed by atoms with Gasteiger partial charge in [0.2, 0.25) is 5.91 Å². The Bertz CT molecular complexity index is 609. The van der Waals surface area contributed by atoms with E-state index >= 15 is 0 Å². The van der Waals surface area contributed by atoms with Crippen molar-refractivity contribution in [2.45, 2.75) is 17.3 Å². The fourth-order valence-electron chi connectivity index (χ4n) is 1.42. The quantitative estimate of drug-likeness (QED) is 0.516. The van der Waals surface area contributed by atoms with Gasteiger partial charge in [0.15, 0.2) is 5.16 Å². The van der Waals surface area contributed by atoms with Crippen molar-refractivity contribution < 1.29 is 4.79 Å². The minimum absolute atomic E-state index is 0.172. The van der Waals surface area contributed by atoms with Crippen LogP contribution in [0.15, 0.2) is 41.8 Å². The molecule has 104 valence electrons. The lowest BCUT2D eigenvalue weighted by atomic mass is 10.2. The summed E-state index contributed by atoms with van der Waals surface area (Å²) in [6.45, 7) is 1.78. The van der Waals surface area contributed by atoms with Crippen LogP contribution in [0.3, 0.4) is 0 Å². The highest BCUT2D eigenvalue weighted by Crippen LogP contribution is 2.26. The first kappa shape index (κ1) is 14.6. The highest BCUT2D eigenvalue weighted by Gasteiger charge is 2.16. The first-order valence-corrected chi connectivity index (χ1v) is 7.11. The molecule has 0 bridgehead atoms. The number of aromatic nitrogens is 2. The van der Waals surface area contributed by atoms with Crippen molar-refractivity contribution in [3.8, 4) is 0 Å². The standard InChI is InChI=1S/C13H13ClN4OS/c1-8(20-13-16-5-2-6-17-13)12(19)18-11-4-3-9(15)7-10(11)14/h2-8H,15H2,1H3,(H,18,19). The lowest BCUT2D eigenvalue weighted by Gasteiger charge is -2.12. The topological polar surface area (TPSA) is 80.9 Å². The molecule has 20 heavy (non-hydrogen) atoms. The number of amides is 1. The molecule has 0 saturated carbocycles. The van der Waals surface area contributed by atoms with E-state index in [-0.39, 0.29) is 11.2 Å². The van der Waals surface area contributed by atoms with Gasteiger partial charge in [-0.2, -0.15) is 0 Å². The molecule has 0 radical (unpaired) electrons. The summed E-state index contributed by atoms with van der Waals surface area (Å²) in [4.78, 5) is 20.2. The van der Waals surface area contributed by atoms with Gasteiger partial charge in [-0.25, -0.2) is 9.97 Å². The zero-order valence-corrected chi connectivity index (χ0v) is 12.3. The lowest BCUT2D eigenvalue weighted by molar-refractivity contribution is -0.115. The maximum atomic E-state index is 12.1. The van der Waals surface area contributed by atoms with E-state index in [4.69, 9.17) is 17.3 Å². The summed E-state index contributed by atoms with van der Waals surface area (Å²) in [5, 5.41) is 3.38. The molecule has 7 heteroatoms. The number of carbonyl (C=O) groups is 1. The monoisotopic (exact) mass is 308 g/mol. The molecule has 1 amide bonds. The number of nitrogens with zero attached hydrogens (tertiary/aromatic N) is 2. The van der Waals surface area contributed by atoms with Crippen molar-refractivity contribution in [1.29, 1.82) is 0 Å². The zero-order valence-electron chi connectivity index (χ0n) is 10.7. The maximum Gasteiger partial charge on any atom is 0.237 e. The van der Waals surface area contributed by atoms with Crippen molar-refractivity contribution >= 4 is 40.6 Å². The third-order valence-electron chi connectivity index (χ3n) is 2.44. The van der Waals surface area contributed by atoms with Gasteiger partial charge < -0.3 is 11.1 Å². The Morgan fingerprint density at radius 2 is 2.10 bits per heavy atom. The molecule has 1 atom stereocenters. The summed E-state index contributed by atoms with van der Waals surface area (Å²) in [5.74, 6) is -0.172. The molecule has 2 aromatic rings. The van der Waals surface area contributed by atoms with Crippen LogP contribution in [0.4, 0.5) is 11.4 Å². The van der Waals surface area contributed by atoms with E-state index in [9.17, 15) is 4.79 Å². The van der Waals surface area contributed by atoms with Crippen LogP contribution in [0, 0.1) is 0 Å². The van der Waals surface area contributed by atoms with Crippen LogP contribution in [0.1, 0.15) is 6.92 Å². The van der Waals surface area contributed by atoms with Crippen LogP contribution in [0.5, 0.6) is 0 Å². The van der Waals surface area contributed by atoms with Gasteiger partial charge >= 0.3 is 0 Å². The van der Waals surface area contributed by atoms with Gasteiger partial charge in [-0.1, -0.05) is 23.4 Å². The second-order valence-electron chi connectivity index (χ2n) is 4.02. The predicted octanol–water partition coefficient (Wildman–Crippen LogP) is 2.83. The van der Waals surface area contributed by atoms with Crippen molar-refractivity contribution in [2.24, 2.45) is 0 Å². The Balaban J connectivity index is 2.01. The third-order valence-corrected chi connectivity index (χ3v) is 3.75. The molecule has 1 aromatic carbocycles. The Labute approximate surface area is 126 Å². The van der Waals surface area contributed by atoms with Gasteiger partial charge in [-0.15, -0.1) is 0 Å². The van der Waals surface area contributed by atoms with Crippen molar-refractivity contribution in [3.63, 3.8) is 0 Å². The van der Waals surface area contributed by atoms with E-state index in [1.54, 1.807) is 43.6 Å². The molecule has 1 aromatic heterocycles. The molecular weight excluding hydrogens is 296 g/mol. The van der Waals surface area contributed by atoms with E-state index in [2.05, 4.69) is 15.3 Å². The number of benzene rings is 1. The van der Waals surface area contributed by atoms with Gasteiger partial charge in [0.1, 0.15) is 0 Å². The second kappa shape index (κ2) is 6.58. The number of nitrogen functional groups attached to an aromatic ring is 1. The summed E-state index contributed by atoms with van der Waals surface area (Å²) in [5.41, 5.74) is 6.69. The second-order valence-corrected chi connectivity index (χ2v) is 5.74. The molecule has 1 heterocycles. The average Bonchev–Trinajstić information content (AvgIpc) is 2.43. The van der Waals surface area contributed by atoms with E-state index in [1.807, 2.05) is 0 Å². The highest BCUT2D eigenvalue weighted by atomic mass is 35.5. The molecule has 0 saturated heterocycles. The van der Waals surface area contributed by atoms with Gasteiger partial charge in [-0.05, 0) is 31.2 Å². The van der Waals surface area contributed by atoms with Gasteiger partial charge in [0.05, 0.1) is 16.0 Å². The fourth-order valence-corrected chi connectivity index (χ4v) is 2.39. The summed E-state index contributed by atoms with van der Waals surface area (Å²) in [7, 11) is 0. The minimum Gasteiger partial charge on any atom is -0.399 e. The van der Waals surface area contributed by atoms with E-state index < -0.39 is 0 Å². The molecule has 5 nitrogen and oxygen atoms in total. The number of rotatable bonds is 4. The molecule has 3 N–H and O–H groups in total. The first-order valence-electron chi connectivity index (χ1n) is 5.86. The van der Waals surface area contributed by atoms with Crippen molar-refractivity contribution in [3.05, 3.63) is 41.7 Å². The molecule has 0 spiro atoms. The van der Waals surface area contributed by atoms with Crippen molar-refractivity contribution in [2.75, 3.05) is 11.1 Å². The number of nitrogens with two attached hydrogens (primary N) is 1.